The molecule has 3 aliphatic heterocycles. The molecule has 0 aliphatic carbocycles. The van der Waals surface area contributed by atoms with Gasteiger partial charge in [-0.05, 0) is 128 Å². The summed E-state index contributed by atoms with van der Waals surface area (Å²) in [4.78, 5) is 29.4. The van der Waals surface area contributed by atoms with Gasteiger partial charge in [0.25, 0.3) is 0 Å². The Morgan fingerprint density at radius 3 is 1.69 bits per heavy atom. The summed E-state index contributed by atoms with van der Waals surface area (Å²) in [6.07, 6.45) is 14.6. The third-order valence-corrected chi connectivity index (χ3v) is 14.4. The van der Waals surface area contributed by atoms with Crippen LogP contribution >= 0.6 is 0 Å². The number of anilines is 2. The number of hydrogen-bond acceptors (Lipinski definition) is 11. The Kier molecular flexibility index (Phi) is 16.7. The highest BCUT2D eigenvalue weighted by atomic mass is 16.5. The van der Waals surface area contributed by atoms with Crippen LogP contribution in [-0.2, 0) is 33.9 Å². The fourth-order valence-corrected chi connectivity index (χ4v) is 10.4. The average molecular weight is 1030 g/mol. The van der Waals surface area contributed by atoms with E-state index in [1.54, 1.807) is 38.1 Å². The van der Waals surface area contributed by atoms with Crippen LogP contribution in [0.25, 0.3) is 27.6 Å². The van der Waals surface area contributed by atoms with Crippen LogP contribution in [0.1, 0.15) is 99.2 Å². The molecule has 11 heteroatoms. The van der Waals surface area contributed by atoms with Gasteiger partial charge in [-0.2, -0.15) is 0 Å². The molecule has 77 heavy (non-hydrogen) atoms. The number of benzene rings is 8. The van der Waals surface area contributed by atoms with Gasteiger partial charge >= 0.3 is 11.9 Å². The van der Waals surface area contributed by atoms with Gasteiger partial charge in [-0.3, -0.25) is 0 Å². The SMILES string of the molecule is C#CC(O)(c1ccccc1)c1ccc(N2CCCC2)cc1.CCOC(=O)c1cc(O)c2ccc(CO)cc2c1.CCOC(=O)c1cc2cc(CO)ccc2c2c1C=CC(c1ccccc1)(c1ccc(N3CCCC3)cc1)O2. The fourth-order valence-electron chi connectivity index (χ4n) is 10.4. The Balaban J connectivity index is 0.000000156. The molecule has 8 aromatic carbocycles. The molecule has 4 N–H and O–H groups in total. The predicted molar refractivity (Wildman–Crippen MR) is 304 cm³/mol. The molecule has 0 amide bonds. The summed E-state index contributed by atoms with van der Waals surface area (Å²) in [6, 6.07) is 52.0. The maximum Gasteiger partial charge on any atom is 0.338 e. The molecule has 0 spiro atoms. The Bertz CT molecular complexity index is 3420. The highest BCUT2D eigenvalue weighted by Crippen LogP contribution is 2.47. The smallest absolute Gasteiger partial charge is 0.338 e. The zero-order valence-electron chi connectivity index (χ0n) is 43.5. The van der Waals surface area contributed by atoms with Crippen LogP contribution in [0.4, 0.5) is 11.4 Å². The Morgan fingerprint density at radius 2 is 1.13 bits per heavy atom. The molecule has 2 fully saturated rings. The first-order valence-electron chi connectivity index (χ1n) is 26.3. The molecular weight excluding hydrogens is 965 g/mol. The number of fused-ring (bicyclic) bond motifs is 4. The van der Waals surface area contributed by atoms with Gasteiger partial charge in [0.1, 0.15) is 11.5 Å². The van der Waals surface area contributed by atoms with E-state index in [-0.39, 0.29) is 32.2 Å². The van der Waals surface area contributed by atoms with Crippen molar-refractivity contribution >= 4 is 50.9 Å². The molecule has 0 radical (unpaired) electrons. The van der Waals surface area contributed by atoms with E-state index < -0.39 is 23.1 Å². The predicted octanol–water partition coefficient (Wildman–Crippen LogP) is 11.8. The lowest BCUT2D eigenvalue weighted by atomic mass is 9.82. The fraction of sp³-hybridized carbons (Fsp3) is 0.242. The number of esters is 2. The zero-order chi connectivity index (χ0) is 53.9. The number of phenols is 1. The normalized spacial score (nSPS) is 16.2. The molecule has 8 aromatic rings. The van der Waals surface area contributed by atoms with E-state index in [2.05, 4.69) is 52.1 Å². The van der Waals surface area contributed by atoms with Crippen molar-refractivity contribution in [3.05, 3.63) is 220 Å². The van der Waals surface area contributed by atoms with Crippen molar-refractivity contribution in [2.24, 2.45) is 0 Å². The first kappa shape index (κ1) is 53.4. The van der Waals surface area contributed by atoms with Gasteiger partial charge in [-0.25, -0.2) is 9.59 Å². The summed E-state index contributed by atoms with van der Waals surface area (Å²) >= 11 is 0. The highest BCUT2D eigenvalue weighted by molar-refractivity contribution is 6.04. The molecule has 0 saturated carbocycles. The third kappa shape index (κ3) is 11.4. The van der Waals surface area contributed by atoms with Crippen LogP contribution in [0, 0.1) is 12.3 Å². The summed E-state index contributed by atoms with van der Waals surface area (Å²) < 4.78 is 17.3. The Labute approximate surface area is 450 Å². The number of carbonyl (C=O) groups excluding carboxylic acids is 2. The van der Waals surface area contributed by atoms with E-state index in [0.29, 0.717) is 33.2 Å². The minimum atomic E-state index is -1.37. The van der Waals surface area contributed by atoms with Crippen molar-refractivity contribution < 1.29 is 44.2 Å². The van der Waals surface area contributed by atoms with Gasteiger partial charge in [0.05, 0.1) is 37.6 Å². The molecule has 3 aliphatic rings. The van der Waals surface area contributed by atoms with Crippen molar-refractivity contribution in [2.45, 2.75) is 63.9 Å². The minimum Gasteiger partial charge on any atom is -0.507 e. The van der Waals surface area contributed by atoms with Crippen molar-refractivity contribution in [2.75, 3.05) is 49.2 Å². The molecule has 0 aromatic heterocycles. The van der Waals surface area contributed by atoms with E-state index in [0.717, 1.165) is 70.3 Å². The number of rotatable bonds is 12. The number of aliphatic hydroxyl groups excluding tert-OH is 2. The number of hydrogen-bond donors (Lipinski definition) is 4. The maximum absolute atomic E-state index is 13.0. The van der Waals surface area contributed by atoms with Crippen LogP contribution in [0.3, 0.4) is 0 Å². The monoisotopic (exact) mass is 1030 g/mol. The first-order chi connectivity index (χ1) is 37.5. The lowest BCUT2D eigenvalue weighted by molar-refractivity contribution is 0.0516. The molecule has 392 valence electrons. The van der Waals surface area contributed by atoms with Gasteiger partial charge in [0, 0.05) is 76.1 Å². The molecular formula is C66H64N2O9. The minimum absolute atomic E-state index is 0.0278. The zero-order valence-corrected chi connectivity index (χ0v) is 43.5. The molecule has 2 saturated heterocycles. The highest BCUT2D eigenvalue weighted by Gasteiger charge is 2.39. The van der Waals surface area contributed by atoms with E-state index in [9.17, 15) is 24.9 Å². The second-order valence-corrected chi connectivity index (χ2v) is 19.3. The van der Waals surface area contributed by atoms with Crippen LogP contribution in [0.15, 0.2) is 170 Å². The van der Waals surface area contributed by atoms with Crippen LogP contribution in [0.2, 0.25) is 0 Å². The summed E-state index contributed by atoms with van der Waals surface area (Å²) in [5.74, 6) is 2.34. The number of ether oxygens (including phenoxy) is 3. The molecule has 2 unspecified atom stereocenters. The van der Waals surface area contributed by atoms with Gasteiger partial charge in [0.15, 0.2) is 11.2 Å². The molecule has 3 heterocycles. The molecule has 11 rings (SSSR count). The summed E-state index contributed by atoms with van der Waals surface area (Å²) in [5, 5.41) is 42.6. The standard InChI is InChI=1S/C33H31NO4.C19H19NO.C14H14O4/c1-2-37-32(36)30-21-24-20-23(22-35)10-15-28(24)31-29(30)16-17-33(38-31,25-8-4-3-5-9-25)26-11-13-27(14-12-26)34-18-6-7-19-34;1-2-19(21,16-8-4-3-5-9-16)17-10-12-18(13-11-17)20-14-6-7-15-20;1-2-18-14(17)11-6-10-5-9(8-15)3-4-12(10)13(16)7-11/h3-5,8-17,20-21,35H,2,6-7,18-19,22H2,1H3;1,3-5,8-13,21H,6-7,14-15H2;3-7,15-16H,2,8H2,1H3. The average Bonchev–Trinajstić information content (AvgIpc) is 4.26. The van der Waals surface area contributed by atoms with E-state index in [1.165, 1.54) is 43.1 Å². The lowest BCUT2D eigenvalue weighted by Gasteiger charge is -2.37. The van der Waals surface area contributed by atoms with Crippen molar-refractivity contribution in [1.82, 2.24) is 0 Å². The largest absolute Gasteiger partial charge is 0.507 e. The number of nitrogens with zero attached hydrogens (tertiary/aromatic N) is 2. The Hall–Kier alpha value is -8.40. The van der Waals surface area contributed by atoms with Crippen molar-refractivity contribution in [1.29, 1.82) is 0 Å². The van der Waals surface area contributed by atoms with Crippen molar-refractivity contribution in [3.8, 4) is 23.8 Å². The van der Waals surface area contributed by atoms with Gasteiger partial charge in [-0.1, -0.05) is 115 Å². The van der Waals surface area contributed by atoms with Crippen LogP contribution in [0.5, 0.6) is 11.5 Å². The van der Waals surface area contributed by atoms with Gasteiger partial charge in [-0.15, -0.1) is 6.42 Å². The number of terminal acetylenes is 1. The molecule has 11 nitrogen and oxygen atoms in total. The second kappa shape index (κ2) is 24.1. The van der Waals surface area contributed by atoms with Gasteiger partial charge < -0.3 is 44.4 Å². The van der Waals surface area contributed by atoms with Crippen molar-refractivity contribution in [3.63, 3.8) is 0 Å². The quantitative estimate of drug-likeness (QED) is 0.0684. The summed E-state index contributed by atoms with van der Waals surface area (Å²) in [6.45, 7) is 8.32. The molecule has 2 atom stereocenters. The first-order valence-corrected chi connectivity index (χ1v) is 26.3. The molecule has 0 bridgehead atoms. The number of aliphatic hydroxyl groups is 3. The van der Waals surface area contributed by atoms with Gasteiger partial charge in [0.2, 0.25) is 0 Å². The Morgan fingerprint density at radius 1 is 0.623 bits per heavy atom. The van der Waals surface area contributed by atoms with E-state index >= 15 is 0 Å². The second-order valence-electron chi connectivity index (χ2n) is 19.3. The summed E-state index contributed by atoms with van der Waals surface area (Å²) in [7, 11) is 0. The number of phenolic OH excluding ortho intramolecular Hbond substituents is 1. The topological polar surface area (TPSA) is 149 Å². The number of carbonyl (C=O) groups is 2. The lowest BCUT2D eigenvalue weighted by Crippen LogP contribution is -2.34. The van der Waals surface area contributed by atoms with E-state index in [1.807, 2.05) is 109 Å². The van der Waals surface area contributed by atoms with Crippen LogP contribution in [-0.4, -0.2) is 71.8 Å². The third-order valence-electron chi connectivity index (χ3n) is 14.4. The maximum atomic E-state index is 13.0. The summed E-state index contributed by atoms with van der Waals surface area (Å²) in [5.41, 5.74) is 6.58. The van der Waals surface area contributed by atoms with Crippen LogP contribution < -0.4 is 14.5 Å². The number of aromatic hydroxyl groups is 1. The van der Waals surface area contributed by atoms with E-state index in [4.69, 9.17) is 25.7 Å².